The van der Waals surface area contributed by atoms with Gasteiger partial charge in [-0.05, 0) is 70.6 Å². The third-order valence-electron chi connectivity index (χ3n) is 4.11. The predicted octanol–water partition coefficient (Wildman–Crippen LogP) is 4.79. The predicted molar refractivity (Wildman–Crippen MR) is 108 cm³/mol. The highest BCUT2D eigenvalue weighted by Crippen LogP contribution is 2.44. The van der Waals surface area contributed by atoms with Crippen molar-refractivity contribution < 1.29 is 5.11 Å². The number of rotatable bonds is 3. The quantitative estimate of drug-likeness (QED) is 0.583. The molecule has 0 unspecified atom stereocenters. The Hall–Kier alpha value is -1.96. The number of thiophene rings is 1. The SMILES string of the molecule is Oc1ccc(N2C(=S)N[C@H](c3ccccn3)[C@@H]2c2cc(Br)cs2)cc1. The number of halogens is 1. The Labute approximate surface area is 163 Å². The fraction of sp³-hybridized carbons (Fsp3) is 0.111. The van der Waals surface area contributed by atoms with Crippen molar-refractivity contribution in [2.75, 3.05) is 4.90 Å². The average molecular weight is 432 g/mol. The van der Waals surface area contributed by atoms with Crippen LogP contribution in [0.15, 0.2) is 64.6 Å². The lowest BCUT2D eigenvalue weighted by molar-refractivity contribution is 0.475. The van der Waals surface area contributed by atoms with Crippen molar-refractivity contribution in [3.63, 3.8) is 0 Å². The second-order valence-electron chi connectivity index (χ2n) is 5.68. The van der Waals surface area contributed by atoms with Gasteiger partial charge in [-0.2, -0.15) is 0 Å². The molecule has 25 heavy (non-hydrogen) atoms. The average Bonchev–Trinajstić information content (AvgIpc) is 3.20. The van der Waals surface area contributed by atoms with Gasteiger partial charge in [0.2, 0.25) is 0 Å². The van der Waals surface area contributed by atoms with Gasteiger partial charge in [-0.15, -0.1) is 11.3 Å². The van der Waals surface area contributed by atoms with Gasteiger partial charge >= 0.3 is 0 Å². The summed E-state index contributed by atoms with van der Waals surface area (Å²) >= 11 is 10.9. The van der Waals surface area contributed by atoms with Crippen LogP contribution in [0.5, 0.6) is 5.75 Å². The van der Waals surface area contributed by atoms with Crippen molar-refractivity contribution in [2.24, 2.45) is 0 Å². The van der Waals surface area contributed by atoms with E-state index < -0.39 is 0 Å². The number of anilines is 1. The number of thiocarbonyl (C=S) groups is 1. The second kappa shape index (κ2) is 6.74. The lowest BCUT2D eigenvalue weighted by Gasteiger charge is -2.26. The number of hydrogen-bond acceptors (Lipinski definition) is 4. The molecule has 2 N–H and O–H groups in total. The van der Waals surface area contributed by atoms with E-state index in [9.17, 15) is 5.11 Å². The van der Waals surface area contributed by atoms with Crippen molar-refractivity contribution in [1.82, 2.24) is 10.3 Å². The molecule has 2 atom stereocenters. The Kier molecular flexibility index (Phi) is 4.45. The lowest BCUT2D eigenvalue weighted by Crippen LogP contribution is -2.28. The number of nitrogens with zero attached hydrogens (tertiary/aromatic N) is 2. The zero-order valence-corrected chi connectivity index (χ0v) is 16.2. The van der Waals surface area contributed by atoms with Gasteiger partial charge in [0.15, 0.2) is 5.11 Å². The molecule has 2 aromatic heterocycles. The molecule has 126 valence electrons. The molecule has 1 saturated heterocycles. The Morgan fingerprint density at radius 3 is 2.64 bits per heavy atom. The fourth-order valence-corrected chi connectivity index (χ4v) is 4.94. The van der Waals surface area contributed by atoms with Gasteiger partial charge in [0.1, 0.15) is 5.75 Å². The molecule has 4 rings (SSSR count). The smallest absolute Gasteiger partial charge is 0.174 e. The van der Waals surface area contributed by atoms with Crippen LogP contribution in [0.2, 0.25) is 0 Å². The molecule has 0 bridgehead atoms. The molecule has 4 nitrogen and oxygen atoms in total. The fourth-order valence-electron chi connectivity index (χ4n) is 3.02. The van der Waals surface area contributed by atoms with Gasteiger partial charge in [0, 0.05) is 26.6 Å². The maximum Gasteiger partial charge on any atom is 0.174 e. The molecular formula is C18H14BrN3OS2. The third-order valence-corrected chi connectivity index (χ3v) is 6.18. The van der Waals surface area contributed by atoms with Crippen LogP contribution in [0, 0.1) is 0 Å². The topological polar surface area (TPSA) is 48.4 Å². The first-order valence-electron chi connectivity index (χ1n) is 7.67. The summed E-state index contributed by atoms with van der Waals surface area (Å²) in [5.74, 6) is 0.235. The Bertz CT molecular complexity index is 898. The summed E-state index contributed by atoms with van der Waals surface area (Å²) in [6, 6.07) is 15.1. The van der Waals surface area contributed by atoms with Crippen molar-refractivity contribution in [2.45, 2.75) is 12.1 Å². The molecule has 0 radical (unpaired) electrons. The highest BCUT2D eigenvalue weighted by atomic mass is 79.9. The van der Waals surface area contributed by atoms with E-state index in [1.165, 1.54) is 4.88 Å². The van der Waals surface area contributed by atoms with Crippen LogP contribution in [-0.4, -0.2) is 15.2 Å². The lowest BCUT2D eigenvalue weighted by atomic mass is 10.0. The van der Waals surface area contributed by atoms with E-state index in [-0.39, 0.29) is 17.8 Å². The van der Waals surface area contributed by atoms with E-state index in [0.717, 1.165) is 15.9 Å². The van der Waals surface area contributed by atoms with E-state index in [1.807, 2.05) is 30.3 Å². The standard InChI is InChI=1S/C18H14BrN3OS2/c19-11-9-15(25-10-11)17-16(14-3-1-2-8-20-14)21-18(24)22(17)12-4-6-13(23)7-5-12/h1-10,16-17,23H,(H,21,24)/t16-,17+/m1/s1. The van der Waals surface area contributed by atoms with Crippen LogP contribution < -0.4 is 10.2 Å². The van der Waals surface area contributed by atoms with Gasteiger partial charge in [-0.1, -0.05) is 6.07 Å². The number of pyridine rings is 1. The minimum atomic E-state index is -0.0481. The van der Waals surface area contributed by atoms with Gasteiger partial charge in [-0.3, -0.25) is 4.98 Å². The molecule has 1 fully saturated rings. The molecule has 3 heterocycles. The number of aromatic nitrogens is 1. The van der Waals surface area contributed by atoms with Crippen LogP contribution in [0.4, 0.5) is 5.69 Å². The number of aromatic hydroxyl groups is 1. The van der Waals surface area contributed by atoms with Crippen LogP contribution >= 0.6 is 39.5 Å². The number of nitrogens with one attached hydrogen (secondary N) is 1. The van der Waals surface area contributed by atoms with Crippen LogP contribution in [-0.2, 0) is 0 Å². The highest BCUT2D eigenvalue weighted by molar-refractivity contribution is 9.10. The van der Waals surface area contributed by atoms with Crippen LogP contribution in [0.25, 0.3) is 0 Å². The minimum Gasteiger partial charge on any atom is -0.508 e. The number of phenols is 1. The summed E-state index contributed by atoms with van der Waals surface area (Å²) in [4.78, 5) is 7.80. The van der Waals surface area contributed by atoms with E-state index in [4.69, 9.17) is 12.2 Å². The van der Waals surface area contributed by atoms with E-state index in [1.54, 1.807) is 29.7 Å². The highest BCUT2D eigenvalue weighted by Gasteiger charge is 2.41. The number of hydrogen-bond donors (Lipinski definition) is 2. The zero-order valence-electron chi connectivity index (χ0n) is 13.0. The first-order valence-corrected chi connectivity index (χ1v) is 9.75. The largest absolute Gasteiger partial charge is 0.508 e. The Morgan fingerprint density at radius 2 is 2.00 bits per heavy atom. The summed E-state index contributed by atoms with van der Waals surface area (Å²) in [6.45, 7) is 0. The molecule has 1 aromatic carbocycles. The van der Waals surface area contributed by atoms with Gasteiger partial charge in [0.25, 0.3) is 0 Å². The third kappa shape index (κ3) is 3.15. The van der Waals surface area contributed by atoms with Crippen molar-refractivity contribution in [1.29, 1.82) is 0 Å². The molecular weight excluding hydrogens is 418 g/mol. The molecule has 7 heteroatoms. The maximum atomic E-state index is 9.60. The monoisotopic (exact) mass is 431 g/mol. The van der Waals surface area contributed by atoms with Crippen molar-refractivity contribution in [3.8, 4) is 5.75 Å². The summed E-state index contributed by atoms with van der Waals surface area (Å²) in [6.07, 6.45) is 1.80. The van der Waals surface area contributed by atoms with Gasteiger partial charge in [0.05, 0.1) is 17.8 Å². The number of phenolic OH excluding ortho intramolecular Hbond substituents is 1. The van der Waals surface area contributed by atoms with Crippen LogP contribution in [0.1, 0.15) is 22.7 Å². The zero-order chi connectivity index (χ0) is 17.4. The Balaban J connectivity index is 1.81. The summed E-state index contributed by atoms with van der Waals surface area (Å²) in [5, 5.41) is 15.7. The molecule has 3 aromatic rings. The van der Waals surface area contributed by atoms with Crippen LogP contribution in [0.3, 0.4) is 0 Å². The first kappa shape index (κ1) is 16.5. The van der Waals surface area contributed by atoms with E-state index in [2.05, 4.69) is 42.6 Å². The summed E-state index contributed by atoms with van der Waals surface area (Å²) in [5.41, 5.74) is 1.88. The molecule has 1 aliphatic heterocycles. The van der Waals surface area contributed by atoms with E-state index >= 15 is 0 Å². The van der Waals surface area contributed by atoms with Gasteiger partial charge < -0.3 is 15.3 Å². The molecule has 0 amide bonds. The first-order chi connectivity index (χ1) is 12.1. The normalized spacial score (nSPS) is 19.9. The molecule has 0 spiro atoms. The van der Waals surface area contributed by atoms with Crippen molar-refractivity contribution in [3.05, 3.63) is 75.2 Å². The maximum absolute atomic E-state index is 9.60. The second-order valence-corrected chi connectivity index (χ2v) is 7.93. The van der Waals surface area contributed by atoms with Crippen molar-refractivity contribution >= 4 is 50.3 Å². The van der Waals surface area contributed by atoms with E-state index in [0.29, 0.717) is 5.11 Å². The molecule has 0 saturated carbocycles. The Morgan fingerprint density at radius 1 is 1.20 bits per heavy atom. The number of benzene rings is 1. The molecule has 1 aliphatic rings. The molecule has 0 aliphatic carbocycles. The van der Waals surface area contributed by atoms with Gasteiger partial charge in [-0.25, -0.2) is 0 Å². The summed E-state index contributed by atoms with van der Waals surface area (Å²) < 4.78 is 1.05. The summed E-state index contributed by atoms with van der Waals surface area (Å²) in [7, 11) is 0. The minimum absolute atomic E-state index is 0.0109.